The Bertz CT molecular complexity index is 736. The topological polar surface area (TPSA) is 76.1 Å². The molecule has 5 heteroatoms. The van der Waals surface area contributed by atoms with Crippen LogP contribution in [0.5, 0.6) is 0 Å². The van der Waals surface area contributed by atoms with Gasteiger partial charge in [-0.15, -0.1) is 0 Å². The lowest BCUT2D eigenvalue weighted by Crippen LogP contribution is -2.09. The number of rotatable bonds is 3. The summed E-state index contributed by atoms with van der Waals surface area (Å²) in [7, 11) is 0. The fourth-order valence-corrected chi connectivity index (χ4v) is 1.81. The third kappa shape index (κ3) is 3.18. The molecule has 0 aromatic heterocycles. The molecule has 0 radical (unpaired) electrons. The van der Waals surface area contributed by atoms with Crippen molar-refractivity contribution in [3.63, 3.8) is 0 Å². The summed E-state index contributed by atoms with van der Waals surface area (Å²) in [6, 6.07) is 10.9. The summed E-state index contributed by atoms with van der Waals surface area (Å²) >= 11 is 0. The van der Waals surface area contributed by atoms with Crippen LogP contribution in [-0.4, -0.2) is 5.97 Å². The maximum atomic E-state index is 13.7. The first-order valence-corrected chi connectivity index (χ1v) is 6.23. The van der Waals surface area contributed by atoms with Gasteiger partial charge in [-0.3, -0.25) is 0 Å². The lowest BCUT2D eigenvalue weighted by atomic mass is 10.1. The van der Waals surface area contributed by atoms with Crippen molar-refractivity contribution in [3.05, 3.63) is 64.5 Å². The molecule has 0 saturated heterocycles. The molecular formula is C16H13FN2O2. The van der Waals surface area contributed by atoms with Crippen LogP contribution in [0.1, 0.15) is 27.0 Å². The number of nitriles is 1. The van der Waals surface area contributed by atoms with Gasteiger partial charge in [0.2, 0.25) is 0 Å². The largest absolute Gasteiger partial charge is 0.457 e. The fraction of sp³-hybridized carbons (Fsp3) is 0.125. The van der Waals surface area contributed by atoms with Crippen LogP contribution in [0, 0.1) is 24.1 Å². The van der Waals surface area contributed by atoms with E-state index in [1.165, 1.54) is 12.1 Å². The molecule has 0 aliphatic heterocycles. The lowest BCUT2D eigenvalue weighted by Gasteiger charge is -2.09. The Labute approximate surface area is 121 Å². The van der Waals surface area contributed by atoms with E-state index in [4.69, 9.17) is 15.7 Å². The normalized spacial score (nSPS) is 9.95. The van der Waals surface area contributed by atoms with Gasteiger partial charge < -0.3 is 10.5 Å². The Morgan fingerprint density at radius 2 is 2.14 bits per heavy atom. The van der Waals surface area contributed by atoms with E-state index in [0.717, 1.165) is 11.6 Å². The van der Waals surface area contributed by atoms with Crippen molar-refractivity contribution < 1.29 is 13.9 Å². The zero-order chi connectivity index (χ0) is 15.4. The lowest BCUT2D eigenvalue weighted by molar-refractivity contribution is 0.0470. The summed E-state index contributed by atoms with van der Waals surface area (Å²) in [4.78, 5) is 11.9. The first kappa shape index (κ1) is 14.5. The van der Waals surface area contributed by atoms with Crippen molar-refractivity contribution in [1.82, 2.24) is 0 Å². The van der Waals surface area contributed by atoms with Crippen molar-refractivity contribution in [2.45, 2.75) is 13.5 Å². The van der Waals surface area contributed by atoms with Crippen LogP contribution < -0.4 is 5.73 Å². The third-order valence-electron chi connectivity index (χ3n) is 3.08. The number of hydrogen-bond acceptors (Lipinski definition) is 4. The van der Waals surface area contributed by atoms with Gasteiger partial charge in [-0.2, -0.15) is 5.26 Å². The molecule has 0 aliphatic carbocycles. The molecule has 0 unspecified atom stereocenters. The Balaban J connectivity index is 2.11. The number of carbonyl (C=O) groups excluding carboxylic acids is 1. The summed E-state index contributed by atoms with van der Waals surface area (Å²) in [6.07, 6.45) is 0. The highest BCUT2D eigenvalue weighted by Gasteiger charge is 2.13. The molecule has 2 N–H and O–H groups in total. The number of carbonyl (C=O) groups is 1. The van der Waals surface area contributed by atoms with Crippen LogP contribution >= 0.6 is 0 Å². The fourth-order valence-electron chi connectivity index (χ4n) is 1.81. The minimum absolute atomic E-state index is 0.202. The highest BCUT2D eigenvalue weighted by molar-refractivity contribution is 5.95. The van der Waals surface area contributed by atoms with E-state index in [1.54, 1.807) is 25.1 Å². The van der Waals surface area contributed by atoms with Gasteiger partial charge in [-0.05, 0) is 30.7 Å². The first-order chi connectivity index (χ1) is 10.0. The molecule has 21 heavy (non-hydrogen) atoms. The maximum Gasteiger partial charge on any atom is 0.340 e. The molecule has 2 aromatic carbocycles. The van der Waals surface area contributed by atoms with Crippen molar-refractivity contribution >= 4 is 11.7 Å². The number of hydrogen-bond donors (Lipinski definition) is 1. The number of nitrogens with zero attached hydrogens (tertiary/aromatic N) is 1. The van der Waals surface area contributed by atoms with E-state index in [1.807, 2.05) is 6.07 Å². The van der Waals surface area contributed by atoms with Gasteiger partial charge in [-0.25, -0.2) is 9.18 Å². The zero-order valence-corrected chi connectivity index (χ0v) is 11.4. The average molecular weight is 284 g/mol. The van der Waals surface area contributed by atoms with E-state index >= 15 is 0 Å². The number of esters is 1. The van der Waals surface area contributed by atoms with Crippen molar-refractivity contribution in [1.29, 1.82) is 5.26 Å². The molecule has 0 fully saturated rings. The molecule has 0 bridgehead atoms. The second kappa shape index (κ2) is 6.06. The van der Waals surface area contributed by atoms with Gasteiger partial charge in [0.05, 0.1) is 17.2 Å². The van der Waals surface area contributed by atoms with E-state index in [9.17, 15) is 9.18 Å². The van der Waals surface area contributed by atoms with Crippen LogP contribution in [0.3, 0.4) is 0 Å². The molecule has 0 saturated carbocycles. The summed E-state index contributed by atoms with van der Waals surface area (Å²) in [6.45, 7) is 1.57. The predicted octanol–water partition coefficient (Wildman–Crippen LogP) is 2.95. The van der Waals surface area contributed by atoms with Crippen LogP contribution in [-0.2, 0) is 11.3 Å². The molecule has 2 aromatic rings. The first-order valence-electron chi connectivity index (χ1n) is 6.23. The van der Waals surface area contributed by atoms with E-state index < -0.39 is 11.8 Å². The van der Waals surface area contributed by atoms with Crippen LogP contribution in [0.15, 0.2) is 36.4 Å². The van der Waals surface area contributed by atoms with Crippen molar-refractivity contribution in [2.75, 3.05) is 5.73 Å². The second-order valence-electron chi connectivity index (χ2n) is 4.53. The van der Waals surface area contributed by atoms with E-state index in [0.29, 0.717) is 5.69 Å². The summed E-state index contributed by atoms with van der Waals surface area (Å²) in [5.41, 5.74) is 7.60. The summed E-state index contributed by atoms with van der Waals surface area (Å²) in [5.74, 6) is -1.20. The van der Waals surface area contributed by atoms with Crippen molar-refractivity contribution in [3.8, 4) is 6.07 Å². The number of halogens is 1. The Morgan fingerprint density at radius 1 is 1.38 bits per heavy atom. The van der Waals surface area contributed by atoms with Gasteiger partial charge in [-0.1, -0.05) is 18.2 Å². The van der Waals surface area contributed by atoms with Gasteiger partial charge in [0.15, 0.2) is 0 Å². The van der Waals surface area contributed by atoms with Crippen molar-refractivity contribution in [2.24, 2.45) is 0 Å². The van der Waals surface area contributed by atoms with Gasteiger partial charge in [0.25, 0.3) is 0 Å². The molecule has 0 spiro atoms. The summed E-state index contributed by atoms with van der Waals surface area (Å²) in [5, 5.41) is 8.66. The minimum Gasteiger partial charge on any atom is -0.457 e. The number of nitrogen functional groups attached to an aromatic ring is 1. The number of nitrogens with two attached hydrogens (primary N) is 1. The van der Waals surface area contributed by atoms with Crippen LogP contribution in [0.4, 0.5) is 10.1 Å². The molecule has 0 amide bonds. The number of para-hydroxylation sites is 1. The Morgan fingerprint density at radius 3 is 2.81 bits per heavy atom. The smallest absolute Gasteiger partial charge is 0.340 e. The highest BCUT2D eigenvalue weighted by atomic mass is 19.1. The quantitative estimate of drug-likeness (QED) is 0.694. The number of anilines is 1. The standard InChI is InChI=1S/C16H13FN2O2/c1-10-3-2-4-13(15(10)19)16(20)21-9-12-6-5-11(8-18)7-14(12)17/h2-7H,9,19H2,1H3. The third-order valence-corrected chi connectivity index (χ3v) is 3.08. The zero-order valence-electron chi connectivity index (χ0n) is 11.4. The summed E-state index contributed by atoms with van der Waals surface area (Å²) < 4.78 is 18.7. The molecular weight excluding hydrogens is 271 g/mol. The average Bonchev–Trinajstić information content (AvgIpc) is 2.48. The SMILES string of the molecule is Cc1cccc(C(=O)OCc2ccc(C#N)cc2F)c1N. The molecule has 106 valence electrons. The van der Waals surface area contributed by atoms with Crippen LogP contribution in [0.2, 0.25) is 0 Å². The minimum atomic E-state index is -0.611. The maximum absolute atomic E-state index is 13.7. The van der Waals surface area contributed by atoms with Gasteiger partial charge in [0, 0.05) is 11.3 Å². The second-order valence-corrected chi connectivity index (χ2v) is 4.53. The van der Waals surface area contributed by atoms with E-state index in [-0.39, 0.29) is 23.3 Å². The monoisotopic (exact) mass is 284 g/mol. The van der Waals surface area contributed by atoms with Gasteiger partial charge in [0.1, 0.15) is 12.4 Å². The highest BCUT2D eigenvalue weighted by Crippen LogP contribution is 2.18. The Hall–Kier alpha value is -2.87. The molecule has 4 nitrogen and oxygen atoms in total. The molecule has 0 heterocycles. The van der Waals surface area contributed by atoms with Crippen LogP contribution in [0.25, 0.3) is 0 Å². The van der Waals surface area contributed by atoms with E-state index in [2.05, 4.69) is 0 Å². The van der Waals surface area contributed by atoms with Gasteiger partial charge >= 0.3 is 5.97 Å². The predicted molar refractivity (Wildman–Crippen MR) is 75.8 cm³/mol. The molecule has 0 aliphatic rings. The molecule has 2 rings (SSSR count). The number of benzene rings is 2. The Kier molecular flexibility index (Phi) is 4.19. The number of ether oxygens (including phenoxy) is 1. The molecule has 0 atom stereocenters. The number of aryl methyl sites for hydroxylation is 1.